The lowest BCUT2D eigenvalue weighted by Gasteiger charge is -2.16. The van der Waals surface area contributed by atoms with Gasteiger partial charge in [0, 0.05) is 0 Å². The summed E-state index contributed by atoms with van der Waals surface area (Å²) in [5, 5.41) is 0.860. The van der Waals surface area contributed by atoms with Gasteiger partial charge < -0.3 is 0 Å². The van der Waals surface area contributed by atoms with Gasteiger partial charge in [-0.2, -0.15) is 8.78 Å². The number of carbonyl (C=O) groups is 1. The van der Waals surface area contributed by atoms with Gasteiger partial charge in [-0.25, -0.2) is 13.2 Å². The van der Waals surface area contributed by atoms with Crippen molar-refractivity contribution >= 4 is 5.91 Å². The third-order valence-corrected chi connectivity index (χ3v) is 1.27. The average molecular weight is 205 g/mol. The minimum Gasteiger partial charge on any atom is -0.295 e. The van der Waals surface area contributed by atoms with E-state index in [1.54, 1.807) is 0 Å². The number of halogens is 5. The maximum Gasteiger partial charge on any atom is 0.353 e. The van der Waals surface area contributed by atoms with E-state index in [0.29, 0.717) is 0 Å². The molecule has 0 aromatic rings. The van der Waals surface area contributed by atoms with Gasteiger partial charge >= 0.3 is 6.05 Å². The fourth-order valence-electron chi connectivity index (χ4n) is 0.442. The van der Waals surface area contributed by atoms with Crippen molar-refractivity contribution in [2.45, 2.75) is 19.4 Å². The van der Waals surface area contributed by atoms with Gasteiger partial charge in [-0.05, 0) is 6.92 Å². The summed E-state index contributed by atoms with van der Waals surface area (Å²) in [5.41, 5.74) is 0. The molecule has 0 fully saturated rings. The summed E-state index contributed by atoms with van der Waals surface area (Å²) in [6.07, 6.45) is -3.05. The number of hydrogen-bond acceptors (Lipinski definition) is 1. The van der Waals surface area contributed by atoms with Crippen molar-refractivity contribution in [3.63, 3.8) is 0 Å². The number of alkyl halides is 5. The lowest BCUT2D eigenvalue weighted by atomic mass is 10.2. The molecule has 0 saturated heterocycles. The van der Waals surface area contributed by atoms with E-state index in [-0.39, 0.29) is 0 Å². The van der Waals surface area contributed by atoms with Gasteiger partial charge in [0.2, 0.25) is 12.3 Å². The zero-order valence-electron chi connectivity index (χ0n) is 6.66. The molecule has 1 N–H and O–H groups in total. The van der Waals surface area contributed by atoms with Crippen LogP contribution in [-0.2, 0) is 4.79 Å². The van der Waals surface area contributed by atoms with E-state index >= 15 is 0 Å². The van der Waals surface area contributed by atoms with E-state index in [1.807, 2.05) is 0 Å². The van der Waals surface area contributed by atoms with Crippen LogP contribution < -0.4 is 5.32 Å². The van der Waals surface area contributed by atoms with Crippen molar-refractivity contribution in [3.8, 4) is 0 Å². The highest BCUT2D eigenvalue weighted by Crippen LogP contribution is 2.14. The fourth-order valence-corrected chi connectivity index (χ4v) is 0.442. The van der Waals surface area contributed by atoms with Crippen molar-refractivity contribution in [2.75, 3.05) is 6.67 Å². The number of carbonyl (C=O) groups excluding carboxylic acids is 1. The molecule has 1 unspecified atom stereocenters. The van der Waals surface area contributed by atoms with E-state index in [4.69, 9.17) is 0 Å². The van der Waals surface area contributed by atoms with Gasteiger partial charge in [0.1, 0.15) is 0 Å². The molecule has 0 rings (SSSR count). The highest BCUT2D eigenvalue weighted by atomic mass is 19.3. The molecule has 7 heteroatoms. The molecule has 78 valence electrons. The van der Waals surface area contributed by atoms with Crippen LogP contribution in [0.2, 0.25) is 0 Å². The van der Waals surface area contributed by atoms with Gasteiger partial charge in [0.25, 0.3) is 0 Å². The van der Waals surface area contributed by atoms with E-state index in [0.717, 1.165) is 12.2 Å². The summed E-state index contributed by atoms with van der Waals surface area (Å²) in [6.45, 7) is -1.34. The third-order valence-electron chi connectivity index (χ3n) is 1.27. The van der Waals surface area contributed by atoms with Crippen LogP contribution >= 0.6 is 0 Å². The minimum absolute atomic E-state index is 0.772. The standard InChI is InChI=1S/C6H8F5NO/c1-3(4(8)9)5(13)12-6(10,11)2-7/h3-4H,2H2,1H3,(H,12,13). The average Bonchev–Trinajstić information content (AvgIpc) is 2.02. The molecule has 0 aromatic carbocycles. The van der Waals surface area contributed by atoms with E-state index in [9.17, 15) is 26.7 Å². The van der Waals surface area contributed by atoms with Crippen molar-refractivity contribution in [1.29, 1.82) is 0 Å². The second-order valence-corrected chi connectivity index (χ2v) is 2.45. The van der Waals surface area contributed by atoms with Gasteiger partial charge in [-0.1, -0.05) is 0 Å². The predicted octanol–water partition coefficient (Wildman–Crippen LogP) is 1.57. The highest BCUT2D eigenvalue weighted by Gasteiger charge is 2.34. The fraction of sp³-hybridized carbons (Fsp3) is 0.833. The number of nitrogens with one attached hydrogen (secondary N) is 1. The Hall–Kier alpha value is -0.880. The first-order chi connectivity index (χ1) is 5.80. The first-order valence-electron chi connectivity index (χ1n) is 3.34. The molecule has 0 aliphatic rings. The largest absolute Gasteiger partial charge is 0.353 e. The minimum atomic E-state index is -4.07. The molecule has 2 nitrogen and oxygen atoms in total. The highest BCUT2D eigenvalue weighted by molar-refractivity contribution is 5.79. The van der Waals surface area contributed by atoms with E-state index in [2.05, 4.69) is 0 Å². The predicted molar refractivity (Wildman–Crippen MR) is 34.2 cm³/mol. The van der Waals surface area contributed by atoms with Crippen molar-refractivity contribution in [2.24, 2.45) is 5.92 Å². The molecular formula is C6H8F5NO. The van der Waals surface area contributed by atoms with Gasteiger partial charge in [0.15, 0.2) is 6.67 Å². The summed E-state index contributed by atoms with van der Waals surface area (Å²) >= 11 is 0. The number of hydrogen-bond donors (Lipinski definition) is 1. The van der Waals surface area contributed by atoms with Crippen molar-refractivity contribution < 1.29 is 26.7 Å². The zero-order valence-corrected chi connectivity index (χ0v) is 6.66. The van der Waals surface area contributed by atoms with Crippen LogP contribution in [0.5, 0.6) is 0 Å². The molecule has 13 heavy (non-hydrogen) atoms. The second kappa shape index (κ2) is 4.38. The zero-order chi connectivity index (χ0) is 10.6. The van der Waals surface area contributed by atoms with Crippen LogP contribution in [0.1, 0.15) is 6.92 Å². The summed E-state index contributed by atoms with van der Waals surface area (Å²) in [4.78, 5) is 10.5. The molecule has 0 aliphatic heterocycles. The number of amides is 1. The van der Waals surface area contributed by atoms with E-state index in [1.165, 1.54) is 0 Å². The van der Waals surface area contributed by atoms with Crippen LogP contribution in [-0.4, -0.2) is 25.1 Å². The summed E-state index contributed by atoms with van der Waals surface area (Å²) in [6, 6.07) is -4.07. The second-order valence-electron chi connectivity index (χ2n) is 2.45. The maximum atomic E-state index is 12.1. The topological polar surface area (TPSA) is 29.1 Å². The SMILES string of the molecule is CC(C(=O)NC(F)(F)CF)C(F)F. The molecular weight excluding hydrogens is 197 g/mol. The Kier molecular flexibility index (Phi) is 4.09. The first-order valence-corrected chi connectivity index (χ1v) is 3.34. The van der Waals surface area contributed by atoms with Crippen LogP contribution in [0.25, 0.3) is 0 Å². The van der Waals surface area contributed by atoms with Gasteiger partial charge in [-0.3, -0.25) is 10.1 Å². The Balaban J connectivity index is 4.15. The molecule has 0 bridgehead atoms. The summed E-state index contributed by atoms with van der Waals surface area (Å²) < 4.78 is 59.1. The Labute approximate surface area is 71.1 Å². The van der Waals surface area contributed by atoms with Crippen LogP contribution in [0, 0.1) is 5.92 Å². The van der Waals surface area contributed by atoms with Crippen molar-refractivity contribution in [1.82, 2.24) is 5.32 Å². The Bertz CT molecular complexity index is 184. The Morgan fingerprint density at radius 1 is 1.46 bits per heavy atom. The lowest BCUT2D eigenvalue weighted by Crippen LogP contribution is -2.46. The molecule has 1 atom stereocenters. The van der Waals surface area contributed by atoms with Crippen LogP contribution in [0.15, 0.2) is 0 Å². The smallest absolute Gasteiger partial charge is 0.295 e. The lowest BCUT2D eigenvalue weighted by molar-refractivity contribution is -0.142. The summed E-state index contributed by atoms with van der Waals surface area (Å²) in [5.74, 6) is -3.45. The van der Waals surface area contributed by atoms with Crippen LogP contribution in [0.4, 0.5) is 22.0 Å². The molecule has 0 spiro atoms. The van der Waals surface area contributed by atoms with Crippen LogP contribution in [0.3, 0.4) is 0 Å². The summed E-state index contributed by atoms with van der Waals surface area (Å²) in [7, 11) is 0. The Morgan fingerprint density at radius 3 is 2.23 bits per heavy atom. The van der Waals surface area contributed by atoms with Gasteiger partial charge in [0.05, 0.1) is 5.92 Å². The molecule has 0 heterocycles. The molecule has 0 aromatic heterocycles. The van der Waals surface area contributed by atoms with Crippen molar-refractivity contribution in [3.05, 3.63) is 0 Å². The molecule has 1 amide bonds. The molecule has 0 aliphatic carbocycles. The Morgan fingerprint density at radius 2 is 1.92 bits per heavy atom. The molecule has 0 radical (unpaired) electrons. The number of rotatable bonds is 4. The normalized spacial score (nSPS) is 14.4. The third kappa shape index (κ3) is 4.05. The first kappa shape index (κ1) is 12.1. The monoisotopic (exact) mass is 205 g/mol. The van der Waals surface area contributed by atoms with E-state index < -0.39 is 31.0 Å². The quantitative estimate of drug-likeness (QED) is 0.547. The molecule has 0 saturated carbocycles. The maximum absolute atomic E-state index is 12.1. The van der Waals surface area contributed by atoms with Gasteiger partial charge in [-0.15, -0.1) is 0 Å².